The van der Waals surface area contributed by atoms with E-state index in [-0.39, 0.29) is 24.4 Å². The number of carbonyl (C=O) groups is 1. The fraction of sp³-hybridized carbons (Fsp3) is 0.385. The van der Waals surface area contributed by atoms with Crippen LogP contribution >= 0.6 is 35.1 Å². The number of aryl methyl sites for hydroxylation is 2. The van der Waals surface area contributed by atoms with Crippen molar-refractivity contribution in [1.29, 1.82) is 0 Å². The van der Waals surface area contributed by atoms with Gasteiger partial charge in [0.15, 0.2) is 0 Å². The average Bonchev–Trinajstić information content (AvgIpc) is 2.95. The van der Waals surface area contributed by atoms with Crippen LogP contribution in [0.4, 0.5) is 0 Å². The zero-order valence-corrected chi connectivity index (χ0v) is 14.0. The smallest absolute Gasteiger partial charge is 0.271 e. The second-order valence-electron chi connectivity index (χ2n) is 4.39. The van der Waals surface area contributed by atoms with E-state index in [0.29, 0.717) is 12.2 Å². The third-order valence-electron chi connectivity index (χ3n) is 2.85. The van der Waals surface area contributed by atoms with Gasteiger partial charge in [0.2, 0.25) is 0 Å². The van der Waals surface area contributed by atoms with Gasteiger partial charge in [-0.25, -0.2) is 4.98 Å². The predicted molar refractivity (Wildman–Crippen MR) is 86.9 cm³/mol. The Hall–Kier alpha value is -0.950. The lowest BCUT2D eigenvalue weighted by Crippen LogP contribution is -2.27. The van der Waals surface area contributed by atoms with Crippen molar-refractivity contribution in [1.82, 2.24) is 10.3 Å². The van der Waals surface area contributed by atoms with Crippen LogP contribution in [0.1, 0.15) is 43.8 Å². The van der Waals surface area contributed by atoms with Crippen LogP contribution < -0.4 is 11.1 Å². The van der Waals surface area contributed by atoms with Gasteiger partial charge in [-0.2, -0.15) is 0 Å². The average molecular weight is 332 g/mol. The van der Waals surface area contributed by atoms with Crippen molar-refractivity contribution in [2.75, 3.05) is 0 Å². The topological polar surface area (TPSA) is 68.0 Å². The van der Waals surface area contributed by atoms with E-state index in [2.05, 4.69) is 30.2 Å². The Balaban J connectivity index is 0.00000200. The monoisotopic (exact) mass is 331 g/mol. The summed E-state index contributed by atoms with van der Waals surface area (Å²) in [5.74, 6) is -0.147. The van der Waals surface area contributed by atoms with Crippen molar-refractivity contribution in [3.8, 4) is 0 Å². The van der Waals surface area contributed by atoms with Gasteiger partial charge in [-0.1, -0.05) is 0 Å². The van der Waals surface area contributed by atoms with Crippen molar-refractivity contribution < 1.29 is 4.79 Å². The normalized spacial score (nSPS) is 11.8. The molecule has 0 aromatic carbocycles. The van der Waals surface area contributed by atoms with Crippen molar-refractivity contribution in [2.45, 2.75) is 33.4 Å². The van der Waals surface area contributed by atoms with E-state index in [1.54, 1.807) is 16.7 Å². The number of hydrogen-bond acceptors (Lipinski definition) is 5. The van der Waals surface area contributed by atoms with Crippen LogP contribution in [0, 0.1) is 13.8 Å². The van der Waals surface area contributed by atoms with Gasteiger partial charge in [0.25, 0.3) is 5.91 Å². The maximum absolute atomic E-state index is 12.1. The third kappa shape index (κ3) is 3.79. The summed E-state index contributed by atoms with van der Waals surface area (Å²) >= 11 is 3.16. The molecular weight excluding hydrogens is 314 g/mol. The quantitative estimate of drug-likeness (QED) is 0.904. The summed E-state index contributed by atoms with van der Waals surface area (Å²) < 4.78 is 0. The Morgan fingerprint density at radius 3 is 2.70 bits per heavy atom. The zero-order valence-electron chi connectivity index (χ0n) is 11.6. The molecule has 110 valence electrons. The van der Waals surface area contributed by atoms with E-state index in [1.807, 2.05) is 6.92 Å². The fourth-order valence-corrected chi connectivity index (χ4v) is 3.61. The minimum Gasteiger partial charge on any atom is -0.344 e. The molecule has 1 atom stereocenters. The molecule has 0 aliphatic heterocycles. The van der Waals surface area contributed by atoms with E-state index in [9.17, 15) is 4.79 Å². The van der Waals surface area contributed by atoms with Crippen LogP contribution in [0.2, 0.25) is 0 Å². The maximum atomic E-state index is 12.1. The Labute approximate surface area is 132 Å². The first-order valence-corrected chi connectivity index (χ1v) is 7.73. The first kappa shape index (κ1) is 17.1. The Bertz CT molecular complexity index is 594. The number of nitrogens with two attached hydrogens (primary N) is 1. The van der Waals surface area contributed by atoms with Gasteiger partial charge in [-0.05, 0) is 32.4 Å². The van der Waals surface area contributed by atoms with Gasteiger partial charge in [-0.3, -0.25) is 4.79 Å². The first-order chi connectivity index (χ1) is 9.01. The molecule has 1 unspecified atom stereocenters. The molecule has 4 nitrogen and oxygen atoms in total. The number of hydrogen-bond donors (Lipinski definition) is 2. The lowest BCUT2D eigenvalue weighted by Gasteiger charge is -2.12. The van der Waals surface area contributed by atoms with E-state index < -0.39 is 0 Å². The minimum atomic E-state index is -0.147. The number of thiophene rings is 1. The second kappa shape index (κ2) is 7.17. The molecule has 0 saturated heterocycles. The number of carbonyl (C=O) groups excluding carboxylic acids is 1. The van der Waals surface area contributed by atoms with Gasteiger partial charge < -0.3 is 11.1 Å². The van der Waals surface area contributed by atoms with Gasteiger partial charge in [-0.15, -0.1) is 35.1 Å². The van der Waals surface area contributed by atoms with Crippen LogP contribution in [0.5, 0.6) is 0 Å². The lowest BCUT2D eigenvalue weighted by atomic mass is 10.1. The summed E-state index contributed by atoms with van der Waals surface area (Å²) in [5.41, 5.74) is 7.11. The number of aromatic nitrogens is 1. The summed E-state index contributed by atoms with van der Waals surface area (Å²) in [6, 6.07) is 2.11. The van der Waals surface area contributed by atoms with E-state index in [1.165, 1.54) is 26.7 Å². The molecular formula is C13H18ClN3OS2. The Kier molecular flexibility index (Phi) is 6.13. The second-order valence-corrected chi connectivity index (χ2v) is 6.80. The van der Waals surface area contributed by atoms with Gasteiger partial charge >= 0.3 is 0 Å². The van der Waals surface area contributed by atoms with Gasteiger partial charge in [0.1, 0.15) is 10.7 Å². The van der Waals surface area contributed by atoms with Crippen LogP contribution in [-0.2, 0) is 6.54 Å². The molecule has 3 N–H and O–H groups in total. The molecule has 0 radical (unpaired) electrons. The van der Waals surface area contributed by atoms with Gasteiger partial charge in [0, 0.05) is 21.7 Å². The van der Waals surface area contributed by atoms with Crippen LogP contribution in [0.15, 0.2) is 11.4 Å². The first-order valence-electron chi connectivity index (χ1n) is 6.03. The molecule has 2 rings (SSSR count). The van der Waals surface area contributed by atoms with E-state index >= 15 is 0 Å². The lowest BCUT2D eigenvalue weighted by molar-refractivity contribution is 0.0935. The highest BCUT2D eigenvalue weighted by atomic mass is 35.5. The summed E-state index contributed by atoms with van der Waals surface area (Å²) in [6.07, 6.45) is 0. The summed E-state index contributed by atoms with van der Waals surface area (Å²) in [4.78, 5) is 18.8. The standard InChI is InChI=1S/C13H17N3OS2.ClH/c1-7-4-10(9(3)19-7)8(2)15-13(17)11-6-18-12(5-14)16-11;/h4,6,8H,5,14H2,1-3H3,(H,15,17);1H. The highest BCUT2D eigenvalue weighted by molar-refractivity contribution is 7.12. The fourth-order valence-electron chi connectivity index (χ4n) is 1.94. The molecule has 2 aromatic heterocycles. The van der Waals surface area contributed by atoms with Crippen LogP contribution in [0.25, 0.3) is 0 Å². The predicted octanol–water partition coefficient (Wildman–Crippen LogP) is 3.19. The highest BCUT2D eigenvalue weighted by Gasteiger charge is 2.16. The highest BCUT2D eigenvalue weighted by Crippen LogP contribution is 2.26. The number of amides is 1. The Morgan fingerprint density at radius 1 is 1.50 bits per heavy atom. The van der Waals surface area contributed by atoms with Crippen LogP contribution in [-0.4, -0.2) is 10.9 Å². The number of nitrogens with zero attached hydrogens (tertiary/aromatic N) is 1. The Morgan fingerprint density at radius 2 is 2.20 bits per heavy atom. The summed E-state index contributed by atoms with van der Waals surface area (Å²) in [6.45, 7) is 6.51. The molecule has 1 amide bonds. The third-order valence-corrected chi connectivity index (χ3v) is 4.71. The van der Waals surface area contributed by atoms with E-state index in [0.717, 1.165) is 5.01 Å². The molecule has 20 heavy (non-hydrogen) atoms. The largest absolute Gasteiger partial charge is 0.344 e. The molecule has 0 fully saturated rings. The number of rotatable bonds is 4. The van der Waals surface area contributed by atoms with Crippen molar-refractivity contribution in [2.24, 2.45) is 5.73 Å². The van der Waals surface area contributed by atoms with Crippen molar-refractivity contribution in [3.05, 3.63) is 37.5 Å². The molecule has 2 heterocycles. The number of nitrogens with one attached hydrogen (secondary N) is 1. The number of thiazole rings is 1. The van der Waals surface area contributed by atoms with E-state index in [4.69, 9.17) is 5.73 Å². The summed E-state index contributed by atoms with van der Waals surface area (Å²) in [7, 11) is 0. The van der Waals surface area contributed by atoms with Crippen molar-refractivity contribution in [3.63, 3.8) is 0 Å². The van der Waals surface area contributed by atoms with Crippen LogP contribution in [0.3, 0.4) is 0 Å². The molecule has 0 aliphatic rings. The summed E-state index contributed by atoms with van der Waals surface area (Å²) in [5, 5.41) is 5.50. The van der Waals surface area contributed by atoms with Gasteiger partial charge in [0.05, 0.1) is 6.04 Å². The molecule has 2 aromatic rings. The molecule has 0 bridgehead atoms. The maximum Gasteiger partial charge on any atom is 0.271 e. The zero-order chi connectivity index (χ0) is 14.0. The molecule has 0 saturated carbocycles. The van der Waals surface area contributed by atoms with Crippen molar-refractivity contribution >= 4 is 41.0 Å². The molecule has 7 heteroatoms. The molecule has 0 spiro atoms. The molecule has 0 aliphatic carbocycles. The minimum absolute atomic E-state index is 0. The number of halogens is 1. The SMILES string of the molecule is Cc1cc(C(C)NC(=O)c2csc(CN)n2)c(C)s1.Cl.